The fourth-order valence-electron chi connectivity index (χ4n) is 2.20. The Morgan fingerprint density at radius 2 is 1.93 bits per heavy atom. The zero-order chi connectivity index (χ0) is 19.6. The first-order chi connectivity index (χ1) is 13.1. The van der Waals surface area contributed by atoms with Gasteiger partial charge >= 0.3 is 0 Å². The molecule has 0 atom stereocenters. The lowest BCUT2D eigenvalue weighted by Crippen LogP contribution is -2.16. The second kappa shape index (κ2) is 10.3. The SMILES string of the molecule is CCOc1ccc(NC(=O)CO/N=C/c2cc(Cl)c(OC)c(OC)c2)cc1. The molecule has 0 heterocycles. The number of nitrogens with one attached hydrogen (secondary N) is 1. The molecule has 0 spiro atoms. The van der Waals surface area contributed by atoms with E-state index in [2.05, 4.69) is 10.5 Å². The number of rotatable bonds is 9. The van der Waals surface area contributed by atoms with Crippen molar-refractivity contribution < 1.29 is 23.8 Å². The molecular formula is C19H21ClN2O5. The average Bonchev–Trinajstić information content (AvgIpc) is 2.66. The smallest absolute Gasteiger partial charge is 0.265 e. The van der Waals surface area contributed by atoms with Crippen LogP contribution in [0.3, 0.4) is 0 Å². The monoisotopic (exact) mass is 392 g/mol. The van der Waals surface area contributed by atoms with Gasteiger partial charge in [-0.2, -0.15) is 0 Å². The number of carbonyl (C=O) groups excluding carboxylic acids is 1. The summed E-state index contributed by atoms with van der Waals surface area (Å²) in [4.78, 5) is 16.9. The molecule has 1 amide bonds. The third kappa shape index (κ3) is 6.07. The number of methoxy groups -OCH3 is 2. The molecule has 2 aromatic rings. The third-order valence-electron chi connectivity index (χ3n) is 3.38. The Labute approximate surface area is 162 Å². The molecule has 8 heteroatoms. The van der Waals surface area contributed by atoms with E-state index in [1.165, 1.54) is 20.4 Å². The molecule has 144 valence electrons. The van der Waals surface area contributed by atoms with Crippen molar-refractivity contribution in [1.29, 1.82) is 0 Å². The van der Waals surface area contributed by atoms with Crippen LogP contribution in [0.25, 0.3) is 0 Å². The van der Waals surface area contributed by atoms with Gasteiger partial charge < -0.3 is 24.4 Å². The summed E-state index contributed by atoms with van der Waals surface area (Å²) in [6.45, 7) is 2.26. The highest BCUT2D eigenvalue weighted by molar-refractivity contribution is 6.32. The Morgan fingerprint density at radius 3 is 2.56 bits per heavy atom. The van der Waals surface area contributed by atoms with Gasteiger partial charge in [-0.25, -0.2) is 0 Å². The van der Waals surface area contributed by atoms with E-state index in [4.69, 9.17) is 30.6 Å². The molecule has 0 radical (unpaired) electrons. The Hall–Kier alpha value is -2.93. The van der Waals surface area contributed by atoms with E-state index >= 15 is 0 Å². The van der Waals surface area contributed by atoms with E-state index in [0.717, 1.165) is 5.75 Å². The summed E-state index contributed by atoms with van der Waals surface area (Å²) in [5.41, 5.74) is 1.28. The van der Waals surface area contributed by atoms with Gasteiger partial charge in [-0.15, -0.1) is 0 Å². The van der Waals surface area contributed by atoms with Crippen molar-refractivity contribution in [2.75, 3.05) is 32.8 Å². The van der Waals surface area contributed by atoms with Crippen molar-refractivity contribution in [2.24, 2.45) is 5.16 Å². The first kappa shape index (κ1) is 20.4. The maximum absolute atomic E-state index is 11.9. The van der Waals surface area contributed by atoms with Gasteiger partial charge in [0.15, 0.2) is 18.1 Å². The van der Waals surface area contributed by atoms with Crippen LogP contribution in [0.15, 0.2) is 41.6 Å². The average molecular weight is 393 g/mol. The first-order valence-electron chi connectivity index (χ1n) is 8.17. The van der Waals surface area contributed by atoms with Gasteiger partial charge in [-0.3, -0.25) is 4.79 Å². The maximum atomic E-state index is 11.9. The van der Waals surface area contributed by atoms with E-state index in [9.17, 15) is 4.79 Å². The molecule has 0 aliphatic heterocycles. The van der Waals surface area contributed by atoms with Crippen molar-refractivity contribution in [2.45, 2.75) is 6.92 Å². The van der Waals surface area contributed by atoms with E-state index < -0.39 is 0 Å². The summed E-state index contributed by atoms with van der Waals surface area (Å²) in [6, 6.07) is 10.4. The van der Waals surface area contributed by atoms with Gasteiger partial charge in [-0.1, -0.05) is 16.8 Å². The fourth-order valence-corrected chi connectivity index (χ4v) is 2.50. The van der Waals surface area contributed by atoms with Gasteiger partial charge in [0.1, 0.15) is 5.75 Å². The van der Waals surface area contributed by atoms with Crippen molar-refractivity contribution >= 4 is 29.4 Å². The third-order valence-corrected chi connectivity index (χ3v) is 3.66. The number of nitrogens with zero attached hydrogens (tertiary/aromatic N) is 1. The number of hydrogen-bond acceptors (Lipinski definition) is 6. The number of anilines is 1. The Kier molecular flexibility index (Phi) is 7.76. The lowest BCUT2D eigenvalue weighted by Gasteiger charge is -2.09. The zero-order valence-corrected chi connectivity index (χ0v) is 16.1. The normalized spacial score (nSPS) is 10.5. The highest BCUT2D eigenvalue weighted by atomic mass is 35.5. The Balaban J connectivity index is 1.86. The molecular weight excluding hydrogens is 372 g/mol. The summed E-state index contributed by atoms with van der Waals surface area (Å²) in [5, 5.41) is 6.86. The van der Waals surface area contributed by atoms with Gasteiger partial charge in [0, 0.05) is 11.3 Å². The predicted octanol–water partition coefficient (Wildman–Crippen LogP) is 3.75. The molecule has 0 unspecified atom stereocenters. The van der Waals surface area contributed by atoms with Crippen LogP contribution < -0.4 is 19.5 Å². The molecule has 0 saturated carbocycles. The van der Waals surface area contributed by atoms with E-state index in [1.54, 1.807) is 36.4 Å². The standard InChI is InChI=1S/C19H21ClN2O5/c1-4-26-15-7-5-14(6-8-15)22-18(23)12-27-21-11-13-9-16(20)19(25-3)17(10-13)24-2/h5-11H,4,12H2,1-3H3,(H,22,23)/b21-11+. The van der Waals surface area contributed by atoms with Crippen LogP contribution in [0, 0.1) is 0 Å². The van der Waals surface area contributed by atoms with Crippen LogP contribution in [0.1, 0.15) is 12.5 Å². The molecule has 2 aromatic carbocycles. The van der Waals surface area contributed by atoms with E-state index in [1.807, 2.05) is 6.92 Å². The summed E-state index contributed by atoms with van der Waals surface area (Å²) in [5.74, 6) is 1.32. The second-order valence-corrected chi connectivity index (χ2v) is 5.66. The summed E-state index contributed by atoms with van der Waals surface area (Å²) in [6.07, 6.45) is 1.43. The highest BCUT2D eigenvalue weighted by Gasteiger charge is 2.10. The van der Waals surface area contributed by atoms with Gasteiger partial charge in [0.25, 0.3) is 5.91 Å². The molecule has 0 saturated heterocycles. The number of carbonyl (C=O) groups is 1. The fraction of sp³-hybridized carbons (Fsp3) is 0.263. The largest absolute Gasteiger partial charge is 0.494 e. The highest BCUT2D eigenvalue weighted by Crippen LogP contribution is 2.35. The number of hydrogen-bond donors (Lipinski definition) is 1. The van der Waals surface area contributed by atoms with Crippen molar-refractivity contribution in [3.63, 3.8) is 0 Å². The van der Waals surface area contributed by atoms with Gasteiger partial charge in [0.2, 0.25) is 0 Å². The summed E-state index contributed by atoms with van der Waals surface area (Å²) < 4.78 is 15.7. The van der Waals surface area contributed by atoms with Crippen LogP contribution in [0.5, 0.6) is 17.2 Å². The summed E-state index contributed by atoms with van der Waals surface area (Å²) >= 11 is 6.12. The Morgan fingerprint density at radius 1 is 1.19 bits per heavy atom. The molecule has 27 heavy (non-hydrogen) atoms. The number of benzene rings is 2. The lowest BCUT2D eigenvalue weighted by molar-refractivity contribution is -0.120. The molecule has 0 aliphatic rings. The van der Waals surface area contributed by atoms with Crippen LogP contribution in [0.2, 0.25) is 5.02 Å². The predicted molar refractivity (Wildman–Crippen MR) is 104 cm³/mol. The minimum Gasteiger partial charge on any atom is -0.494 e. The van der Waals surface area contributed by atoms with E-state index in [-0.39, 0.29) is 12.5 Å². The first-order valence-corrected chi connectivity index (χ1v) is 8.54. The van der Waals surface area contributed by atoms with Gasteiger partial charge in [-0.05, 0) is 43.3 Å². The summed E-state index contributed by atoms with van der Waals surface area (Å²) in [7, 11) is 3.01. The van der Waals surface area contributed by atoms with E-state index in [0.29, 0.717) is 34.4 Å². The quantitative estimate of drug-likeness (QED) is 0.519. The minimum absolute atomic E-state index is 0.231. The van der Waals surface area contributed by atoms with Crippen molar-refractivity contribution in [3.8, 4) is 17.2 Å². The van der Waals surface area contributed by atoms with Crippen molar-refractivity contribution in [1.82, 2.24) is 0 Å². The van der Waals surface area contributed by atoms with Crippen molar-refractivity contribution in [3.05, 3.63) is 47.0 Å². The molecule has 0 fully saturated rings. The van der Waals surface area contributed by atoms with Crippen LogP contribution in [-0.2, 0) is 9.63 Å². The molecule has 0 aromatic heterocycles. The maximum Gasteiger partial charge on any atom is 0.265 e. The van der Waals surface area contributed by atoms with Gasteiger partial charge in [0.05, 0.1) is 32.1 Å². The van der Waals surface area contributed by atoms with Crippen LogP contribution in [-0.4, -0.2) is 39.6 Å². The topological polar surface area (TPSA) is 78.4 Å². The molecule has 1 N–H and O–H groups in total. The molecule has 7 nitrogen and oxygen atoms in total. The molecule has 0 bridgehead atoms. The minimum atomic E-state index is -0.332. The van der Waals surface area contributed by atoms with Crippen LogP contribution in [0.4, 0.5) is 5.69 Å². The number of amides is 1. The zero-order valence-electron chi connectivity index (χ0n) is 15.3. The number of oxime groups is 1. The molecule has 0 aliphatic carbocycles. The second-order valence-electron chi connectivity index (χ2n) is 5.25. The Bertz CT molecular complexity index is 793. The molecule has 2 rings (SSSR count). The lowest BCUT2D eigenvalue weighted by atomic mass is 10.2. The number of halogens is 1. The van der Waals surface area contributed by atoms with Crippen LogP contribution >= 0.6 is 11.6 Å². The number of ether oxygens (including phenoxy) is 3.